The lowest BCUT2D eigenvalue weighted by atomic mass is 10.1. The maximum atomic E-state index is 12.6. The number of hydrogen-bond donors (Lipinski definition) is 1. The maximum absolute atomic E-state index is 12.6. The van der Waals surface area contributed by atoms with Crippen LogP contribution < -0.4 is 5.56 Å². The molecule has 0 fully saturated rings. The molecule has 1 atom stereocenters. The minimum Gasteiger partial charge on any atom is -0.364 e. The first-order valence-electron chi connectivity index (χ1n) is 8.07. The van der Waals surface area contributed by atoms with Crippen molar-refractivity contribution in [2.45, 2.75) is 19.4 Å². The van der Waals surface area contributed by atoms with Crippen LogP contribution in [0.15, 0.2) is 46.0 Å². The molecule has 0 saturated heterocycles. The molecule has 0 aliphatic carbocycles. The van der Waals surface area contributed by atoms with Gasteiger partial charge in [-0.25, -0.2) is 4.98 Å². The van der Waals surface area contributed by atoms with Gasteiger partial charge in [0.2, 0.25) is 0 Å². The normalized spacial score (nSPS) is 12.0. The highest BCUT2D eigenvalue weighted by Gasteiger charge is 2.23. The zero-order valence-corrected chi connectivity index (χ0v) is 16.1. The van der Waals surface area contributed by atoms with Gasteiger partial charge in [0.1, 0.15) is 23.3 Å². The van der Waals surface area contributed by atoms with Crippen molar-refractivity contribution in [1.82, 2.24) is 20.0 Å². The third-order valence-electron chi connectivity index (χ3n) is 4.28. The summed E-state index contributed by atoms with van der Waals surface area (Å²) < 4.78 is 4.80. The second kappa shape index (κ2) is 7.94. The maximum Gasteiger partial charge on any atom is 0.263 e. The van der Waals surface area contributed by atoms with E-state index in [-0.39, 0.29) is 18.0 Å². The number of aromatic nitrogens is 3. The highest BCUT2D eigenvalue weighted by atomic mass is 35.5. The van der Waals surface area contributed by atoms with Crippen molar-refractivity contribution in [2.75, 3.05) is 7.05 Å². The third kappa shape index (κ3) is 4.04. The van der Waals surface area contributed by atoms with Gasteiger partial charge in [-0.2, -0.15) is 0 Å². The Morgan fingerprint density at radius 3 is 2.59 bits per heavy atom. The summed E-state index contributed by atoms with van der Waals surface area (Å²) in [4.78, 5) is 33.3. The molecular weight excluding hydrogens is 391 g/mol. The topological polar surface area (TPSA) is 92.1 Å². The monoisotopic (exact) mass is 406 g/mol. The Kier molecular flexibility index (Phi) is 5.62. The van der Waals surface area contributed by atoms with Crippen LogP contribution in [-0.2, 0) is 6.42 Å². The van der Waals surface area contributed by atoms with E-state index in [1.54, 1.807) is 38.2 Å². The van der Waals surface area contributed by atoms with E-state index >= 15 is 0 Å². The molecule has 140 valence electrons. The Balaban J connectivity index is 1.82. The zero-order valence-electron chi connectivity index (χ0n) is 14.6. The van der Waals surface area contributed by atoms with E-state index in [1.165, 1.54) is 17.4 Å². The van der Waals surface area contributed by atoms with Crippen molar-refractivity contribution < 1.29 is 9.32 Å². The first-order valence-corrected chi connectivity index (χ1v) is 8.82. The molecule has 27 heavy (non-hydrogen) atoms. The zero-order chi connectivity index (χ0) is 19.6. The van der Waals surface area contributed by atoms with Gasteiger partial charge in [-0.05, 0) is 24.6 Å². The molecule has 1 amide bonds. The lowest BCUT2D eigenvalue weighted by Gasteiger charge is -2.22. The number of aromatic amines is 1. The van der Waals surface area contributed by atoms with Gasteiger partial charge >= 0.3 is 0 Å². The Hall–Kier alpha value is -2.64. The second-order valence-corrected chi connectivity index (χ2v) is 6.78. The summed E-state index contributed by atoms with van der Waals surface area (Å²) in [5, 5.41) is 4.77. The largest absolute Gasteiger partial charge is 0.364 e. The van der Waals surface area contributed by atoms with E-state index in [2.05, 4.69) is 15.1 Å². The summed E-state index contributed by atoms with van der Waals surface area (Å²) in [5.41, 5.74) is 0.634. The molecule has 1 aromatic carbocycles. The molecule has 2 heterocycles. The van der Waals surface area contributed by atoms with Gasteiger partial charge in [0.25, 0.3) is 11.5 Å². The lowest BCUT2D eigenvalue weighted by molar-refractivity contribution is 0.0735. The molecule has 0 aliphatic heterocycles. The predicted molar refractivity (Wildman–Crippen MR) is 101 cm³/mol. The highest BCUT2D eigenvalue weighted by Crippen LogP contribution is 2.25. The van der Waals surface area contributed by atoms with Crippen LogP contribution in [0.1, 0.15) is 40.4 Å². The van der Waals surface area contributed by atoms with Gasteiger partial charge in [-0.15, -0.1) is 0 Å². The quantitative estimate of drug-likeness (QED) is 0.699. The molecule has 9 heteroatoms. The Labute approximate surface area is 164 Å². The predicted octanol–water partition coefficient (Wildman–Crippen LogP) is 3.49. The summed E-state index contributed by atoms with van der Waals surface area (Å²) >= 11 is 12.3. The molecule has 0 unspecified atom stereocenters. The number of benzene rings is 1. The fourth-order valence-electron chi connectivity index (χ4n) is 2.54. The molecule has 3 aromatic rings. The van der Waals surface area contributed by atoms with Crippen LogP contribution in [0.2, 0.25) is 10.0 Å². The average molecular weight is 407 g/mol. The van der Waals surface area contributed by atoms with Crippen LogP contribution >= 0.6 is 23.2 Å². The summed E-state index contributed by atoms with van der Waals surface area (Å²) in [6.45, 7) is 1.78. The summed E-state index contributed by atoms with van der Waals surface area (Å²) in [5.74, 6) is -0.111. The number of carbonyl (C=O) groups is 1. The number of amides is 1. The van der Waals surface area contributed by atoms with Crippen LogP contribution in [0, 0.1) is 0 Å². The fourth-order valence-corrected chi connectivity index (χ4v) is 3.08. The number of nitrogens with zero attached hydrogens (tertiary/aromatic N) is 3. The number of H-pyrrole nitrogens is 1. The molecule has 2 aromatic heterocycles. The number of rotatable bonds is 5. The van der Waals surface area contributed by atoms with Crippen molar-refractivity contribution >= 4 is 29.1 Å². The fraction of sp³-hybridized carbons (Fsp3) is 0.222. The molecule has 7 nitrogen and oxygen atoms in total. The SMILES string of the molecule is C[C@H](c1ccon1)N(C)C(=O)c1cnc(Cc2c(Cl)cccc2Cl)[nH]c1=O. The van der Waals surface area contributed by atoms with Gasteiger partial charge < -0.3 is 14.4 Å². The number of carbonyl (C=O) groups excluding carboxylic acids is 1. The van der Waals surface area contributed by atoms with Crippen LogP contribution in [0.3, 0.4) is 0 Å². The summed E-state index contributed by atoms with van der Waals surface area (Å²) in [6, 6.07) is 6.45. The van der Waals surface area contributed by atoms with Crippen molar-refractivity contribution in [3.05, 3.63) is 79.8 Å². The molecule has 0 spiro atoms. The van der Waals surface area contributed by atoms with Gasteiger partial charge in [-0.1, -0.05) is 34.4 Å². The van der Waals surface area contributed by atoms with Crippen molar-refractivity contribution in [1.29, 1.82) is 0 Å². The molecule has 0 bridgehead atoms. The number of nitrogens with one attached hydrogen (secondary N) is 1. The Morgan fingerprint density at radius 2 is 2.00 bits per heavy atom. The molecular formula is C18H16Cl2N4O3. The van der Waals surface area contributed by atoms with Gasteiger partial charge in [0.15, 0.2) is 0 Å². The van der Waals surface area contributed by atoms with Gasteiger partial charge in [-0.3, -0.25) is 9.59 Å². The van der Waals surface area contributed by atoms with Crippen molar-refractivity contribution in [3.63, 3.8) is 0 Å². The van der Waals surface area contributed by atoms with E-state index in [9.17, 15) is 9.59 Å². The van der Waals surface area contributed by atoms with Gasteiger partial charge in [0, 0.05) is 35.8 Å². The minimum absolute atomic E-state index is 0.0677. The first kappa shape index (κ1) is 19.1. The van der Waals surface area contributed by atoms with E-state index in [4.69, 9.17) is 27.7 Å². The standard InChI is InChI=1S/C18H16Cl2N4O3/c1-10(15-6-7-27-23-15)24(2)18(26)12-9-21-16(22-17(12)25)8-11-13(19)4-3-5-14(11)20/h3-7,9-10H,8H2,1-2H3,(H,21,22,25)/t10-/m1/s1. The van der Waals surface area contributed by atoms with Gasteiger partial charge in [0.05, 0.1) is 6.04 Å². The minimum atomic E-state index is -0.535. The van der Waals surface area contributed by atoms with Crippen LogP contribution in [0.5, 0.6) is 0 Å². The summed E-state index contributed by atoms with van der Waals surface area (Å²) in [7, 11) is 1.58. The summed E-state index contributed by atoms with van der Waals surface area (Å²) in [6.07, 6.45) is 2.92. The average Bonchev–Trinajstić information content (AvgIpc) is 3.18. The van der Waals surface area contributed by atoms with E-state index in [1.807, 2.05) is 0 Å². The van der Waals surface area contributed by atoms with Crippen molar-refractivity contribution in [3.8, 4) is 0 Å². The van der Waals surface area contributed by atoms with E-state index in [0.717, 1.165) is 0 Å². The lowest BCUT2D eigenvalue weighted by Crippen LogP contribution is -2.34. The first-order chi connectivity index (χ1) is 12.9. The number of hydrogen-bond acceptors (Lipinski definition) is 5. The van der Waals surface area contributed by atoms with Crippen LogP contribution in [-0.4, -0.2) is 33.0 Å². The van der Waals surface area contributed by atoms with E-state index < -0.39 is 11.5 Å². The van der Waals surface area contributed by atoms with Crippen LogP contribution in [0.4, 0.5) is 0 Å². The smallest absolute Gasteiger partial charge is 0.263 e. The molecule has 3 rings (SSSR count). The molecule has 0 aliphatic rings. The highest BCUT2D eigenvalue weighted by molar-refractivity contribution is 6.36. The molecule has 0 radical (unpaired) electrons. The Morgan fingerprint density at radius 1 is 1.30 bits per heavy atom. The van der Waals surface area contributed by atoms with Crippen LogP contribution in [0.25, 0.3) is 0 Å². The second-order valence-electron chi connectivity index (χ2n) is 5.97. The number of halogens is 2. The third-order valence-corrected chi connectivity index (χ3v) is 4.98. The van der Waals surface area contributed by atoms with Crippen molar-refractivity contribution in [2.24, 2.45) is 0 Å². The van der Waals surface area contributed by atoms with E-state index in [0.29, 0.717) is 27.1 Å². The molecule has 0 saturated carbocycles. The molecule has 1 N–H and O–H groups in total. The Bertz CT molecular complexity index is 997.